The first-order chi connectivity index (χ1) is 15.1. The molecule has 0 aromatic heterocycles. The Morgan fingerprint density at radius 3 is 2.44 bits per heavy atom. The molecular weight excluding hydrogens is 430 g/mol. The molecule has 32 heavy (non-hydrogen) atoms. The van der Waals surface area contributed by atoms with Gasteiger partial charge in [-0.3, -0.25) is 14.9 Å². The number of amides is 1. The Hall–Kier alpha value is -3.17. The summed E-state index contributed by atoms with van der Waals surface area (Å²) in [5, 5.41) is 11.4. The maximum Gasteiger partial charge on any atom is 0.416 e. The van der Waals surface area contributed by atoms with E-state index >= 15 is 0 Å². The molecule has 2 aromatic rings. The first kappa shape index (κ1) is 23.5. The van der Waals surface area contributed by atoms with Crippen LogP contribution in [0.2, 0.25) is 0 Å². The molecular formula is C22H23F4N3O3. The lowest BCUT2D eigenvalue weighted by molar-refractivity contribution is -0.384. The van der Waals surface area contributed by atoms with E-state index < -0.39 is 22.4 Å². The second-order valence-electron chi connectivity index (χ2n) is 7.70. The van der Waals surface area contributed by atoms with Gasteiger partial charge in [-0.05, 0) is 49.6 Å². The van der Waals surface area contributed by atoms with Gasteiger partial charge in [0.25, 0.3) is 5.69 Å². The maximum absolute atomic E-state index is 13.4. The summed E-state index contributed by atoms with van der Waals surface area (Å²) in [5.74, 6) is -0.774. The van der Waals surface area contributed by atoms with E-state index in [0.717, 1.165) is 12.1 Å². The van der Waals surface area contributed by atoms with Crippen LogP contribution in [0.25, 0.3) is 0 Å². The van der Waals surface area contributed by atoms with Crippen molar-refractivity contribution in [2.75, 3.05) is 24.5 Å². The van der Waals surface area contributed by atoms with E-state index in [9.17, 15) is 32.5 Å². The summed E-state index contributed by atoms with van der Waals surface area (Å²) in [5.41, 5.74) is -0.890. The molecule has 0 aliphatic carbocycles. The normalized spacial score (nSPS) is 15.0. The van der Waals surface area contributed by atoms with E-state index in [2.05, 4.69) is 0 Å². The van der Waals surface area contributed by atoms with Crippen molar-refractivity contribution in [3.05, 3.63) is 69.5 Å². The Bertz CT molecular complexity index is 989. The van der Waals surface area contributed by atoms with Gasteiger partial charge < -0.3 is 9.80 Å². The number of anilines is 1. The minimum Gasteiger partial charge on any atom is -0.366 e. The molecule has 0 spiro atoms. The molecule has 0 atom stereocenters. The highest BCUT2D eigenvalue weighted by Gasteiger charge is 2.35. The van der Waals surface area contributed by atoms with Gasteiger partial charge in [0.1, 0.15) is 11.5 Å². The van der Waals surface area contributed by atoms with Gasteiger partial charge in [0.05, 0.1) is 10.5 Å². The Labute approximate surface area is 182 Å². The number of benzene rings is 2. The number of carbonyl (C=O) groups excluding carboxylic acids is 1. The third-order valence-electron chi connectivity index (χ3n) is 5.64. The molecule has 0 saturated carbocycles. The molecule has 10 heteroatoms. The molecule has 1 amide bonds. The van der Waals surface area contributed by atoms with Crippen molar-refractivity contribution in [1.29, 1.82) is 0 Å². The van der Waals surface area contributed by atoms with Crippen LogP contribution in [0.4, 0.5) is 28.9 Å². The average molecular weight is 453 g/mol. The second-order valence-corrected chi connectivity index (χ2v) is 7.70. The number of piperidine rings is 1. The van der Waals surface area contributed by atoms with E-state index in [1.165, 1.54) is 12.1 Å². The summed E-state index contributed by atoms with van der Waals surface area (Å²) in [6.45, 7) is 3.16. The van der Waals surface area contributed by atoms with Crippen LogP contribution < -0.4 is 4.90 Å². The molecule has 0 bridgehead atoms. The van der Waals surface area contributed by atoms with Crippen molar-refractivity contribution in [1.82, 2.24) is 4.90 Å². The molecule has 1 heterocycles. The smallest absolute Gasteiger partial charge is 0.366 e. The van der Waals surface area contributed by atoms with E-state index in [-0.39, 0.29) is 29.9 Å². The van der Waals surface area contributed by atoms with Gasteiger partial charge in [-0.15, -0.1) is 0 Å². The van der Waals surface area contributed by atoms with Gasteiger partial charge in [-0.25, -0.2) is 4.39 Å². The van der Waals surface area contributed by atoms with Crippen LogP contribution in [0.1, 0.15) is 30.9 Å². The van der Waals surface area contributed by atoms with Crippen molar-refractivity contribution in [2.24, 2.45) is 5.92 Å². The summed E-state index contributed by atoms with van der Waals surface area (Å²) in [6.07, 6.45) is -3.85. The zero-order valence-electron chi connectivity index (χ0n) is 17.4. The molecule has 1 aliphatic rings. The van der Waals surface area contributed by atoms with Crippen LogP contribution in [0.15, 0.2) is 42.5 Å². The molecule has 0 N–H and O–H groups in total. The largest absolute Gasteiger partial charge is 0.416 e. The van der Waals surface area contributed by atoms with E-state index in [4.69, 9.17) is 0 Å². The number of nitrogens with zero attached hydrogens (tertiary/aromatic N) is 3. The number of halogens is 4. The fraction of sp³-hybridized carbons (Fsp3) is 0.409. The summed E-state index contributed by atoms with van der Waals surface area (Å²) < 4.78 is 52.2. The lowest BCUT2D eigenvalue weighted by Gasteiger charge is -2.35. The van der Waals surface area contributed by atoms with Crippen molar-refractivity contribution in [3.63, 3.8) is 0 Å². The van der Waals surface area contributed by atoms with Crippen LogP contribution in [0, 0.1) is 21.8 Å². The van der Waals surface area contributed by atoms with Crippen LogP contribution >= 0.6 is 0 Å². The Morgan fingerprint density at radius 2 is 1.88 bits per heavy atom. The zero-order valence-corrected chi connectivity index (χ0v) is 17.4. The number of hydrogen-bond acceptors (Lipinski definition) is 4. The van der Waals surface area contributed by atoms with Gasteiger partial charge in [0.15, 0.2) is 0 Å². The minimum atomic E-state index is -4.67. The lowest BCUT2D eigenvalue weighted by atomic mass is 9.94. The Morgan fingerprint density at radius 1 is 1.19 bits per heavy atom. The van der Waals surface area contributed by atoms with Crippen molar-refractivity contribution in [2.45, 2.75) is 32.5 Å². The average Bonchev–Trinajstić information content (AvgIpc) is 2.76. The van der Waals surface area contributed by atoms with Crippen LogP contribution in [0.5, 0.6) is 0 Å². The Kier molecular flexibility index (Phi) is 7.00. The molecule has 0 unspecified atom stereocenters. The third kappa shape index (κ3) is 5.35. The quantitative estimate of drug-likeness (QED) is 0.350. The predicted octanol–water partition coefficient (Wildman–Crippen LogP) is 5.02. The molecule has 172 valence electrons. The standard InChI is InChI=1S/C22H23F4N3O3/c1-2-27(14-15-4-3-5-18(23)12-15)21(30)16-8-10-28(11-9-16)19-7-6-17(22(24,25)26)13-20(19)29(31)32/h3-7,12-13,16H,2,8-11,14H2,1H3. The van der Waals surface area contributed by atoms with Gasteiger partial charge >= 0.3 is 6.18 Å². The summed E-state index contributed by atoms with van der Waals surface area (Å²) >= 11 is 0. The predicted molar refractivity (Wildman–Crippen MR) is 111 cm³/mol. The highest BCUT2D eigenvalue weighted by Crippen LogP contribution is 2.37. The van der Waals surface area contributed by atoms with Crippen LogP contribution in [0.3, 0.4) is 0 Å². The fourth-order valence-corrected chi connectivity index (χ4v) is 3.94. The van der Waals surface area contributed by atoms with Gasteiger partial charge in [0, 0.05) is 38.2 Å². The Balaban J connectivity index is 1.69. The molecule has 1 saturated heterocycles. The number of nitro groups is 1. The lowest BCUT2D eigenvalue weighted by Crippen LogP contribution is -2.42. The number of carbonyl (C=O) groups is 1. The highest BCUT2D eigenvalue weighted by atomic mass is 19.4. The monoisotopic (exact) mass is 453 g/mol. The number of nitro benzene ring substituents is 1. The first-order valence-electron chi connectivity index (χ1n) is 10.2. The number of alkyl halides is 3. The minimum absolute atomic E-state index is 0.0849. The molecule has 0 radical (unpaired) electrons. The number of rotatable bonds is 6. The van der Waals surface area contributed by atoms with Crippen LogP contribution in [-0.2, 0) is 17.5 Å². The molecule has 2 aromatic carbocycles. The second kappa shape index (κ2) is 9.54. The zero-order chi connectivity index (χ0) is 23.5. The van der Waals surface area contributed by atoms with Gasteiger partial charge in [-0.2, -0.15) is 13.2 Å². The summed E-state index contributed by atoms with van der Waals surface area (Å²) in [6, 6.07) is 8.52. The summed E-state index contributed by atoms with van der Waals surface area (Å²) in [4.78, 5) is 26.8. The van der Waals surface area contributed by atoms with Gasteiger partial charge in [-0.1, -0.05) is 12.1 Å². The topological polar surface area (TPSA) is 66.7 Å². The van der Waals surface area contributed by atoms with Crippen molar-refractivity contribution >= 4 is 17.3 Å². The van der Waals surface area contributed by atoms with E-state index in [1.54, 1.807) is 21.9 Å². The van der Waals surface area contributed by atoms with Crippen molar-refractivity contribution in [3.8, 4) is 0 Å². The molecule has 1 aliphatic heterocycles. The first-order valence-corrected chi connectivity index (χ1v) is 10.2. The molecule has 6 nitrogen and oxygen atoms in total. The van der Waals surface area contributed by atoms with E-state index in [1.807, 2.05) is 6.92 Å². The number of hydrogen-bond donors (Lipinski definition) is 0. The highest BCUT2D eigenvalue weighted by molar-refractivity contribution is 5.79. The SMILES string of the molecule is CCN(Cc1cccc(F)c1)C(=O)C1CCN(c2ccc(C(F)(F)F)cc2[N+](=O)[O-])CC1. The maximum atomic E-state index is 13.4. The van der Waals surface area contributed by atoms with Crippen molar-refractivity contribution < 1.29 is 27.3 Å². The fourth-order valence-electron chi connectivity index (χ4n) is 3.94. The molecule has 1 fully saturated rings. The van der Waals surface area contributed by atoms with Crippen LogP contribution in [-0.4, -0.2) is 35.4 Å². The summed E-state index contributed by atoms with van der Waals surface area (Å²) in [7, 11) is 0. The van der Waals surface area contributed by atoms with E-state index in [0.29, 0.717) is 44.1 Å². The third-order valence-corrected chi connectivity index (χ3v) is 5.64. The molecule has 3 rings (SSSR count). The van der Waals surface area contributed by atoms with Gasteiger partial charge in [0.2, 0.25) is 5.91 Å².